The number of carbonyl (C=O) groups is 6. The van der Waals surface area contributed by atoms with Gasteiger partial charge in [0.15, 0.2) is 36.3 Å². The first-order valence-electron chi connectivity index (χ1n) is 16.0. The number of nitrogens with one attached hydrogen (secondary N) is 1. The van der Waals surface area contributed by atoms with E-state index in [9.17, 15) is 28.8 Å². The van der Waals surface area contributed by atoms with Gasteiger partial charge in [-0.15, -0.1) is 11.8 Å². The molecule has 16 nitrogen and oxygen atoms in total. The van der Waals surface area contributed by atoms with Gasteiger partial charge in [-0.25, -0.2) is 4.98 Å². The highest BCUT2D eigenvalue weighted by Gasteiger charge is 2.55. The van der Waals surface area contributed by atoms with Crippen LogP contribution in [0, 0.1) is 12.8 Å². The van der Waals surface area contributed by atoms with Gasteiger partial charge >= 0.3 is 23.9 Å². The topological polar surface area (TPSA) is 195 Å². The number of nitrogens with zero attached hydrogens (tertiary/aromatic N) is 4. The van der Waals surface area contributed by atoms with E-state index in [1.807, 2.05) is 20.8 Å². The SMILES string of the molecule is CCOC(=O)C1CCN(C(=O)C2OC(NC(=O)c3cnc4c(c(C)nn4C)c3SC(C)C)C(OC(C)=O)C(OC(C)=O)C2OC(C)=O)CC1. The van der Waals surface area contributed by atoms with E-state index in [0.29, 0.717) is 34.5 Å². The normalized spacial score (nSPS) is 22.8. The molecular formula is C32H43N5O11S. The minimum atomic E-state index is -1.60. The molecule has 0 bridgehead atoms. The minimum Gasteiger partial charge on any atom is -0.466 e. The second-order valence-electron chi connectivity index (χ2n) is 12.1. The third kappa shape index (κ3) is 8.68. The Balaban J connectivity index is 1.73. The fraction of sp³-hybridized carbons (Fsp3) is 0.625. The Morgan fingerprint density at radius 3 is 2.14 bits per heavy atom. The summed E-state index contributed by atoms with van der Waals surface area (Å²) in [6, 6.07) is 0. The van der Waals surface area contributed by atoms with Gasteiger partial charge in [0.25, 0.3) is 11.8 Å². The molecule has 17 heteroatoms. The highest BCUT2D eigenvalue weighted by Crippen LogP contribution is 2.36. The Hall–Kier alpha value is -4.25. The van der Waals surface area contributed by atoms with Gasteiger partial charge in [0.05, 0.1) is 29.2 Å². The number of carbonyl (C=O) groups excluding carboxylic acids is 6. The molecule has 49 heavy (non-hydrogen) atoms. The summed E-state index contributed by atoms with van der Waals surface area (Å²) in [5, 5.41) is 7.91. The highest BCUT2D eigenvalue weighted by atomic mass is 32.2. The molecular weight excluding hydrogens is 662 g/mol. The zero-order valence-corrected chi connectivity index (χ0v) is 29.7. The third-order valence-corrected chi connectivity index (χ3v) is 9.10. The number of pyridine rings is 1. The summed E-state index contributed by atoms with van der Waals surface area (Å²) < 4.78 is 29.5. The molecule has 2 fully saturated rings. The van der Waals surface area contributed by atoms with Crippen molar-refractivity contribution in [3.8, 4) is 0 Å². The predicted octanol–water partition coefficient (Wildman–Crippen LogP) is 1.83. The fourth-order valence-electron chi connectivity index (χ4n) is 6.01. The van der Waals surface area contributed by atoms with Crippen LogP contribution in [0.25, 0.3) is 11.0 Å². The molecule has 2 aromatic rings. The van der Waals surface area contributed by atoms with Crippen LogP contribution in [0.4, 0.5) is 0 Å². The lowest BCUT2D eigenvalue weighted by molar-refractivity contribution is -0.249. The smallest absolute Gasteiger partial charge is 0.309 e. The van der Waals surface area contributed by atoms with E-state index in [-0.39, 0.29) is 36.5 Å². The number of rotatable bonds is 10. The molecule has 1 N–H and O–H groups in total. The molecule has 0 aliphatic carbocycles. The summed E-state index contributed by atoms with van der Waals surface area (Å²) in [5.74, 6) is -4.55. The van der Waals surface area contributed by atoms with Gasteiger partial charge in [-0.1, -0.05) is 13.8 Å². The molecule has 5 unspecified atom stereocenters. The molecule has 0 saturated carbocycles. The van der Waals surface area contributed by atoms with Crippen LogP contribution >= 0.6 is 11.8 Å². The number of thioether (sulfide) groups is 1. The Bertz CT molecular complexity index is 1600. The standard InChI is InChI=1S/C32H43N5O11S/c1-9-44-32(43)20-10-12-37(13-11-20)31(42)26-24(46-18(6)39)23(45-17(5)38)25(47-19(7)40)30(48-26)34-29(41)21-14-33-28-22(16(4)35-36(28)8)27(21)49-15(2)3/h14-15,20,23-26,30H,9-13H2,1-8H3,(H,34,41). The van der Waals surface area contributed by atoms with Gasteiger partial charge in [0.1, 0.15) is 0 Å². The van der Waals surface area contributed by atoms with Crippen molar-refractivity contribution >= 4 is 58.5 Å². The van der Waals surface area contributed by atoms with Crippen molar-refractivity contribution in [3.63, 3.8) is 0 Å². The zero-order valence-electron chi connectivity index (χ0n) is 28.8. The number of aromatic nitrogens is 3. The van der Waals surface area contributed by atoms with E-state index in [4.69, 9.17) is 23.7 Å². The maximum absolute atomic E-state index is 14.1. The Morgan fingerprint density at radius 2 is 1.57 bits per heavy atom. The maximum atomic E-state index is 14.1. The first-order chi connectivity index (χ1) is 23.1. The number of likely N-dealkylation sites (tertiary alicyclic amines) is 1. The van der Waals surface area contributed by atoms with E-state index >= 15 is 0 Å². The molecule has 268 valence electrons. The van der Waals surface area contributed by atoms with Crippen molar-refractivity contribution in [2.24, 2.45) is 13.0 Å². The molecule has 2 aliphatic heterocycles. The zero-order chi connectivity index (χ0) is 36.2. The summed E-state index contributed by atoms with van der Waals surface area (Å²) in [5.41, 5.74) is 1.40. The van der Waals surface area contributed by atoms with Crippen LogP contribution in [0.15, 0.2) is 11.1 Å². The van der Waals surface area contributed by atoms with Crippen molar-refractivity contribution in [1.29, 1.82) is 0 Å². The van der Waals surface area contributed by atoms with E-state index in [1.54, 1.807) is 18.7 Å². The van der Waals surface area contributed by atoms with Gasteiger partial charge in [-0.3, -0.25) is 33.4 Å². The van der Waals surface area contributed by atoms with Crippen LogP contribution < -0.4 is 5.32 Å². The van der Waals surface area contributed by atoms with Crippen molar-refractivity contribution in [2.75, 3.05) is 19.7 Å². The fourth-order valence-corrected chi connectivity index (χ4v) is 7.11. The lowest BCUT2D eigenvalue weighted by Gasteiger charge is -2.45. The van der Waals surface area contributed by atoms with Crippen molar-refractivity contribution < 1.29 is 52.5 Å². The number of esters is 4. The Labute approximate surface area is 287 Å². The van der Waals surface area contributed by atoms with Crippen molar-refractivity contribution in [2.45, 2.75) is 102 Å². The van der Waals surface area contributed by atoms with Gasteiger partial charge < -0.3 is 33.9 Å². The summed E-state index contributed by atoms with van der Waals surface area (Å²) in [7, 11) is 1.75. The van der Waals surface area contributed by atoms with Gasteiger partial charge in [0, 0.05) is 57.3 Å². The molecule has 4 heterocycles. The Kier molecular flexibility index (Phi) is 12.2. The maximum Gasteiger partial charge on any atom is 0.309 e. The molecule has 4 rings (SSSR count). The van der Waals surface area contributed by atoms with Crippen molar-refractivity contribution in [1.82, 2.24) is 25.0 Å². The lowest BCUT2D eigenvalue weighted by Crippen LogP contribution is -2.68. The highest BCUT2D eigenvalue weighted by molar-refractivity contribution is 8.00. The molecule has 2 amide bonds. The first-order valence-corrected chi connectivity index (χ1v) is 16.9. The second kappa shape index (κ2) is 16.0. The number of fused-ring (bicyclic) bond motifs is 1. The monoisotopic (exact) mass is 705 g/mol. The number of aryl methyl sites for hydroxylation is 2. The van der Waals surface area contributed by atoms with Gasteiger partial charge in [-0.2, -0.15) is 5.10 Å². The van der Waals surface area contributed by atoms with Gasteiger partial charge in [-0.05, 0) is 26.7 Å². The average molecular weight is 706 g/mol. The van der Waals surface area contributed by atoms with Crippen LogP contribution in [0.3, 0.4) is 0 Å². The number of hydrogen-bond acceptors (Lipinski definition) is 14. The van der Waals surface area contributed by atoms with Crippen LogP contribution in [0.1, 0.15) is 70.4 Å². The molecule has 0 spiro atoms. The molecule has 0 aromatic carbocycles. The van der Waals surface area contributed by atoms with E-state index < -0.39 is 66.3 Å². The molecule has 2 aliphatic rings. The molecule has 0 radical (unpaired) electrons. The largest absolute Gasteiger partial charge is 0.466 e. The van der Waals surface area contributed by atoms with Crippen LogP contribution in [0.5, 0.6) is 0 Å². The summed E-state index contributed by atoms with van der Waals surface area (Å²) >= 11 is 1.43. The number of hydrogen-bond donors (Lipinski definition) is 1. The van der Waals surface area contributed by atoms with E-state index in [1.165, 1.54) is 22.9 Å². The number of amides is 2. The quantitative estimate of drug-likeness (QED) is 0.214. The van der Waals surface area contributed by atoms with Crippen LogP contribution in [-0.2, 0) is 54.7 Å². The third-order valence-electron chi connectivity index (χ3n) is 7.96. The average Bonchev–Trinajstić information content (AvgIpc) is 3.31. The Morgan fingerprint density at radius 1 is 0.980 bits per heavy atom. The second-order valence-corrected chi connectivity index (χ2v) is 13.7. The van der Waals surface area contributed by atoms with E-state index in [0.717, 1.165) is 20.8 Å². The van der Waals surface area contributed by atoms with Crippen molar-refractivity contribution in [3.05, 3.63) is 17.5 Å². The molecule has 2 aromatic heterocycles. The van der Waals surface area contributed by atoms with E-state index in [2.05, 4.69) is 15.4 Å². The van der Waals surface area contributed by atoms with Gasteiger partial charge in [0.2, 0.25) is 0 Å². The number of ether oxygens (including phenoxy) is 5. The van der Waals surface area contributed by atoms with Crippen LogP contribution in [0.2, 0.25) is 0 Å². The lowest BCUT2D eigenvalue weighted by atomic mass is 9.93. The summed E-state index contributed by atoms with van der Waals surface area (Å²) in [6.45, 7) is 11.3. The minimum absolute atomic E-state index is 0.0595. The molecule has 2 saturated heterocycles. The summed E-state index contributed by atoms with van der Waals surface area (Å²) in [4.78, 5) is 84.0. The first kappa shape index (κ1) is 37.6. The molecule has 5 atom stereocenters. The van der Waals surface area contributed by atoms with Crippen LogP contribution in [-0.4, -0.2) is 111 Å². The predicted molar refractivity (Wildman–Crippen MR) is 173 cm³/mol. The number of piperidine rings is 1. The summed E-state index contributed by atoms with van der Waals surface area (Å²) in [6.07, 6.45) is -5.77.